The number of carbonyl (C=O) groups excluding carboxylic acids is 1. The number of hydrogen-bond acceptors (Lipinski definition) is 5. The van der Waals surface area contributed by atoms with Crippen molar-refractivity contribution in [1.29, 1.82) is 0 Å². The fraction of sp³-hybridized carbons (Fsp3) is 0.0714. The summed E-state index contributed by atoms with van der Waals surface area (Å²) in [5, 5.41) is 5.28. The number of hydrogen-bond donors (Lipinski definition) is 1. The van der Waals surface area contributed by atoms with Gasteiger partial charge >= 0.3 is 5.97 Å². The van der Waals surface area contributed by atoms with Gasteiger partial charge in [-0.3, -0.25) is 0 Å². The number of fused-ring (bicyclic) bond motifs is 1. The summed E-state index contributed by atoms with van der Waals surface area (Å²) >= 11 is 0. The molecule has 3 rings (SSSR count). The number of nitrogens with two attached hydrogens (primary N) is 1. The average Bonchev–Trinajstić information content (AvgIpc) is 2.89. The lowest BCUT2D eigenvalue weighted by Gasteiger charge is -2.05. The summed E-state index contributed by atoms with van der Waals surface area (Å²) in [5.74, 6) is -0.483. The van der Waals surface area contributed by atoms with Gasteiger partial charge in [0.15, 0.2) is 0 Å². The van der Waals surface area contributed by atoms with Crippen LogP contribution in [-0.2, 0) is 4.74 Å². The lowest BCUT2D eigenvalue weighted by Crippen LogP contribution is -2.06. The van der Waals surface area contributed by atoms with Gasteiger partial charge in [-0.2, -0.15) is 5.10 Å². The van der Waals surface area contributed by atoms with E-state index in [1.807, 2.05) is 18.2 Å². The van der Waals surface area contributed by atoms with Crippen molar-refractivity contribution in [2.45, 2.75) is 0 Å². The molecule has 6 nitrogen and oxygen atoms in total. The average molecular weight is 268 g/mol. The Labute approximate surface area is 114 Å². The number of rotatable bonds is 2. The number of nitrogens with zero attached hydrogens (tertiary/aromatic N) is 3. The van der Waals surface area contributed by atoms with Gasteiger partial charge in [-0.1, -0.05) is 0 Å². The van der Waals surface area contributed by atoms with E-state index in [0.29, 0.717) is 5.69 Å². The highest BCUT2D eigenvalue weighted by molar-refractivity contribution is 5.88. The molecule has 0 saturated carbocycles. The minimum Gasteiger partial charge on any atom is -0.464 e. The van der Waals surface area contributed by atoms with Gasteiger partial charge in [-0.15, -0.1) is 0 Å². The zero-order valence-electron chi connectivity index (χ0n) is 10.8. The van der Waals surface area contributed by atoms with E-state index < -0.39 is 5.97 Å². The molecule has 0 aliphatic rings. The van der Waals surface area contributed by atoms with Gasteiger partial charge in [0.05, 0.1) is 24.5 Å². The van der Waals surface area contributed by atoms with E-state index >= 15 is 0 Å². The van der Waals surface area contributed by atoms with E-state index in [-0.39, 0.29) is 5.69 Å². The summed E-state index contributed by atoms with van der Waals surface area (Å²) in [4.78, 5) is 15.5. The van der Waals surface area contributed by atoms with E-state index in [4.69, 9.17) is 5.73 Å². The van der Waals surface area contributed by atoms with Gasteiger partial charge in [0.1, 0.15) is 5.69 Å². The third-order valence-corrected chi connectivity index (χ3v) is 2.98. The lowest BCUT2D eigenvalue weighted by atomic mass is 10.2. The minimum absolute atomic E-state index is 0.234. The van der Waals surface area contributed by atoms with Crippen LogP contribution in [-0.4, -0.2) is 27.8 Å². The Morgan fingerprint density at radius 1 is 1.30 bits per heavy atom. The van der Waals surface area contributed by atoms with Crippen molar-refractivity contribution in [2.75, 3.05) is 12.8 Å². The van der Waals surface area contributed by atoms with E-state index in [2.05, 4.69) is 14.8 Å². The maximum atomic E-state index is 11.5. The Hall–Kier alpha value is -2.89. The van der Waals surface area contributed by atoms with Crippen molar-refractivity contribution in [2.24, 2.45) is 0 Å². The molecule has 0 fully saturated rings. The second kappa shape index (κ2) is 4.65. The molecule has 0 atom stereocenters. The monoisotopic (exact) mass is 268 g/mol. The van der Waals surface area contributed by atoms with Crippen LogP contribution in [0.4, 0.5) is 5.69 Å². The SMILES string of the molecule is COC(=O)c1cc(-n2ncc3ccc(N)cc32)ccn1. The smallest absolute Gasteiger partial charge is 0.356 e. The molecular formula is C14H12N4O2. The molecule has 0 saturated heterocycles. The number of carbonyl (C=O) groups is 1. The van der Waals surface area contributed by atoms with Crippen molar-refractivity contribution < 1.29 is 9.53 Å². The molecule has 2 heterocycles. The van der Waals surface area contributed by atoms with Gasteiger partial charge in [-0.25, -0.2) is 14.5 Å². The van der Waals surface area contributed by atoms with Crippen LogP contribution in [0.25, 0.3) is 16.6 Å². The molecule has 0 aliphatic carbocycles. The summed E-state index contributed by atoms with van der Waals surface area (Å²) in [6.45, 7) is 0. The number of aromatic nitrogens is 3. The van der Waals surface area contributed by atoms with Crippen molar-refractivity contribution >= 4 is 22.6 Å². The highest BCUT2D eigenvalue weighted by Crippen LogP contribution is 2.20. The second-order valence-electron chi connectivity index (χ2n) is 4.27. The number of pyridine rings is 1. The predicted octanol–water partition coefficient (Wildman–Crippen LogP) is 1.79. The fourth-order valence-corrected chi connectivity index (χ4v) is 2.01. The number of ether oxygens (including phenoxy) is 1. The first kappa shape index (κ1) is 12.2. The Morgan fingerprint density at radius 3 is 2.95 bits per heavy atom. The first-order valence-corrected chi connectivity index (χ1v) is 5.97. The molecule has 0 bridgehead atoms. The molecule has 20 heavy (non-hydrogen) atoms. The van der Waals surface area contributed by atoms with Crippen LogP contribution in [0.1, 0.15) is 10.5 Å². The molecular weight excluding hydrogens is 256 g/mol. The predicted molar refractivity (Wildman–Crippen MR) is 74.6 cm³/mol. The van der Waals surface area contributed by atoms with Crippen molar-refractivity contribution in [3.05, 3.63) is 48.4 Å². The van der Waals surface area contributed by atoms with Gasteiger partial charge < -0.3 is 10.5 Å². The number of esters is 1. The molecule has 1 aromatic carbocycles. The molecule has 0 radical (unpaired) electrons. The summed E-state index contributed by atoms with van der Waals surface area (Å²) < 4.78 is 6.37. The van der Waals surface area contributed by atoms with E-state index in [0.717, 1.165) is 16.6 Å². The van der Waals surface area contributed by atoms with Crippen LogP contribution in [0.3, 0.4) is 0 Å². The Kier molecular flexibility index (Phi) is 2.83. The molecule has 0 aliphatic heterocycles. The highest BCUT2D eigenvalue weighted by atomic mass is 16.5. The molecule has 0 spiro atoms. The summed E-state index contributed by atoms with van der Waals surface area (Å²) in [6.07, 6.45) is 3.29. The Balaban J connectivity index is 2.16. The number of methoxy groups -OCH3 is 1. The zero-order valence-corrected chi connectivity index (χ0v) is 10.8. The standard InChI is InChI=1S/C14H12N4O2/c1-20-14(19)12-7-11(4-5-16-12)18-13-6-10(15)3-2-9(13)8-17-18/h2-8H,15H2,1H3. The van der Waals surface area contributed by atoms with Crippen LogP contribution < -0.4 is 5.73 Å². The molecule has 6 heteroatoms. The van der Waals surface area contributed by atoms with Crippen LogP contribution in [0, 0.1) is 0 Å². The lowest BCUT2D eigenvalue weighted by molar-refractivity contribution is 0.0594. The molecule has 0 amide bonds. The van der Waals surface area contributed by atoms with Crippen LogP contribution in [0.15, 0.2) is 42.7 Å². The van der Waals surface area contributed by atoms with Crippen LogP contribution in [0.5, 0.6) is 0 Å². The van der Waals surface area contributed by atoms with Crippen molar-refractivity contribution in [3.8, 4) is 5.69 Å². The van der Waals surface area contributed by atoms with E-state index in [1.165, 1.54) is 7.11 Å². The quantitative estimate of drug-likeness (QED) is 0.566. The number of benzene rings is 1. The van der Waals surface area contributed by atoms with Crippen molar-refractivity contribution in [3.63, 3.8) is 0 Å². The van der Waals surface area contributed by atoms with Crippen LogP contribution >= 0.6 is 0 Å². The zero-order chi connectivity index (χ0) is 14.1. The molecule has 2 N–H and O–H groups in total. The van der Waals surface area contributed by atoms with Crippen LogP contribution in [0.2, 0.25) is 0 Å². The summed E-state index contributed by atoms with van der Waals surface area (Å²) in [7, 11) is 1.32. The summed E-state index contributed by atoms with van der Waals surface area (Å²) in [5.41, 5.74) is 8.28. The summed E-state index contributed by atoms with van der Waals surface area (Å²) in [6, 6.07) is 8.95. The maximum absolute atomic E-state index is 11.5. The normalized spacial score (nSPS) is 10.7. The maximum Gasteiger partial charge on any atom is 0.356 e. The topological polar surface area (TPSA) is 83.0 Å². The van der Waals surface area contributed by atoms with E-state index in [9.17, 15) is 4.79 Å². The van der Waals surface area contributed by atoms with E-state index in [1.54, 1.807) is 29.2 Å². The molecule has 3 aromatic rings. The third kappa shape index (κ3) is 1.97. The largest absolute Gasteiger partial charge is 0.464 e. The van der Waals surface area contributed by atoms with Gasteiger partial charge in [0.25, 0.3) is 0 Å². The first-order chi connectivity index (χ1) is 9.69. The minimum atomic E-state index is -0.483. The second-order valence-corrected chi connectivity index (χ2v) is 4.27. The van der Waals surface area contributed by atoms with Gasteiger partial charge in [-0.05, 0) is 30.3 Å². The van der Waals surface area contributed by atoms with Gasteiger partial charge in [0.2, 0.25) is 0 Å². The molecule has 2 aromatic heterocycles. The Morgan fingerprint density at radius 2 is 2.15 bits per heavy atom. The Bertz CT molecular complexity index is 795. The van der Waals surface area contributed by atoms with Gasteiger partial charge in [0, 0.05) is 17.3 Å². The first-order valence-electron chi connectivity index (χ1n) is 5.97. The molecule has 0 unspecified atom stereocenters. The van der Waals surface area contributed by atoms with Crippen molar-refractivity contribution in [1.82, 2.24) is 14.8 Å². The number of nitrogen functional groups attached to an aromatic ring is 1. The third-order valence-electron chi connectivity index (χ3n) is 2.98. The number of anilines is 1. The molecule has 100 valence electrons. The fourth-order valence-electron chi connectivity index (χ4n) is 2.01. The highest BCUT2D eigenvalue weighted by Gasteiger charge is 2.10.